The zero-order valence-electron chi connectivity index (χ0n) is 14.9. The van der Waals surface area contributed by atoms with Gasteiger partial charge in [-0.15, -0.1) is 0 Å². The third-order valence-electron chi connectivity index (χ3n) is 5.48. The zero-order chi connectivity index (χ0) is 16.7. The summed E-state index contributed by atoms with van der Waals surface area (Å²) in [5.74, 6) is 0.209. The van der Waals surface area contributed by atoms with Crippen LogP contribution < -0.4 is 0 Å². The predicted octanol–water partition coefficient (Wildman–Crippen LogP) is 0.757. The Morgan fingerprint density at radius 2 is 2.09 bits per heavy atom. The largest absolute Gasteiger partial charge is 0.373 e. The fourth-order valence-corrected chi connectivity index (χ4v) is 3.86. The Labute approximate surface area is 138 Å². The number of carbonyl (C=O) groups excluding carboxylic acids is 1. The molecule has 6 heteroatoms. The van der Waals surface area contributed by atoms with Gasteiger partial charge in [-0.25, -0.2) is 0 Å². The summed E-state index contributed by atoms with van der Waals surface area (Å²) in [7, 11) is 4.08. The van der Waals surface area contributed by atoms with Crippen molar-refractivity contribution >= 4 is 5.91 Å². The van der Waals surface area contributed by atoms with Gasteiger partial charge in [0.1, 0.15) is 0 Å². The van der Waals surface area contributed by atoms with Crippen molar-refractivity contribution < 1.29 is 9.53 Å². The van der Waals surface area contributed by atoms with Crippen molar-refractivity contribution in [3.8, 4) is 0 Å². The van der Waals surface area contributed by atoms with Crippen molar-refractivity contribution in [2.75, 3.05) is 33.3 Å². The van der Waals surface area contributed by atoms with Gasteiger partial charge in [0.25, 0.3) is 0 Å². The highest BCUT2D eigenvalue weighted by molar-refractivity contribution is 5.79. The Kier molecular flexibility index (Phi) is 4.47. The average Bonchev–Trinajstić information content (AvgIpc) is 3.04. The summed E-state index contributed by atoms with van der Waals surface area (Å²) in [6.45, 7) is 9.35. The van der Waals surface area contributed by atoms with Crippen LogP contribution in [0.25, 0.3) is 0 Å². The molecule has 0 saturated carbocycles. The van der Waals surface area contributed by atoms with Crippen LogP contribution in [-0.2, 0) is 23.0 Å². The fraction of sp³-hybridized carbons (Fsp3) is 0.765. The van der Waals surface area contributed by atoms with Crippen LogP contribution in [0.2, 0.25) is 0 Å². The van der Waals surface area contributed by atoms with E-state index in [2.05, 4.69) is 24.0 Å². The molecule has 3 heterocycles. The molecule has 23 heavy (non-hydrogen) atoms. The number of amides is 1. The van der Waals surface area contributed by atoms with Gasteiger partial charge in [0.05, 0.1) is 24.4 Å². The Morgan fingerprint density at radius 1 is 1.35 bits per heavy atom. The molecule has 1 amide bonds. The summed E-state index contributed by atoms with van der Waals surface area (Å²) in [6, 6.07) is 0.349. The summed E-state index contributed by atoms with van der Waals surface area (Å²) in [4.78, 5) is 17.2. The molecule has 0 unspecified atom stereocenters. The first-order valence-electron chi connectivity index (χ1n) is 8.48. The second-order valence-corrected chi connectivity index (χ2v) is 7.08. The lowest BCUT2D eigenvalue weighted by Crippen LogP contribution is -2.48. The monoisotopic (exact) mass is 320 g/mol. The lowest BCUT2D eigenvalue weighted by atomic mass is 9.98. The molecule has 2 aliphatic rings. The summed E-state index contributed by atoms with van der Waals surface area (Å²) in [5.41, 5.74) is 3.39. The van der Waals surface area contributed by atoms with E-state index in [9.17, 15) is 4.79 Å². The minimum absolute atomic E-state index is 0.0259. The van der Waals surface area contributed by atoms with E-state index >= 15 is 0 Å². The van der Waals surface area contributed by atoms with Crippen LogP contribution in [0.15, 0.2) is 0 Å². The lowest BCUT2D eigenvalue weighted by Gasteiger charge is -2.33. The second kappa shape index (κ2) is 6.24. The number of aryl methyl sites for hydroxylation is 2. The van der Waals surface area contributed by atoms with Gasteiger partial charge in [0.15, 0.2) is 0 Å². The SMILES string of the molecule is Cc1nn(C)c(C)c1C[C@H](C)C(=O)N1C[C@@H]2OCCN(C)[C@H]2C1. The number of carbonyl (C=O) groups is 1. The molecule has 0 N–H and O–H groups in total. The first kappa shape index (κ1) is 16.5. The van der Waals surface area contributed by atoms with Crippen molar-refractivity contribution in [2.45, 2.75) is 39.3 Å². The Bertz CT molecular complexity index is 598. The first-order chi connectivity index (χ1) is 10.9. The minimum atomic E-state index is -0.0259. The van der Waals surface area contributed by atoms with E-state index in [4.69, 9.17) is 4.74 Å². The number of likely N-dealkylation sites (N-methyl/N-ethyl adjacent to an activating group) is 1. The maximum atomic E-state index is 12.9. The number of hydrogen-bond donors (Lipinski definition) is 0. The molecule has 3 atom stereocenters. The first-order valence-corrected chi connectivity index (χ1v) is 8.48. The topological polar surface area (TPSA) is 50.6 Å². The summed E-state index contributed by atoms with van der Waals surface area (Å²) >= 11 is 0. The van der Waals surface area contributed by atoms with Crippen molar-refractivity contribution in [1.82, 2.24) is 19.6 Å². The maximum Gasteiger partial charge on any atom is 0.225 e. The Balaban J connectivity index is 1.66. The van der Waals surface area contributed by atoms with Crippen LogP contribution in [0.5, 0.6) is 0 Å². The zero-order valence-corrected chi connectivity index (χ0v) is 14.9. The van der Waals surface area contributed by atoms with Crippen molar-refractivity contribution in [2.24, 2.45) is 13.0 Å². The summed E-state index contributed by atoms with van der Waals surface area (Å²) in [6.07, 6.45) is 0.930. The number of nitrogens with zero attached hydrogens (tertiary/aromatic N) is 4. The van der Waals surface area contributed by atoms with Crippen LogP contribution in [0.1, 0.15) is 23.9 Å². The molecule has 1 aromatic heterocycles. The molecule has 6 nitrogen and oxygen atoms in total. The van der Waals surface area contributed by atoms with Crippen molar-refractivity contribution in [1.29, 1.82) is 0 Å². The van der Waals surface area contributed by atoms with Gasteiger partial charge in [-0.3, -0.25) is 14.4 Å². The van der Waals surface area contributed by atoms with E-state index < -0.39 is 0 Å². The number of rotatable bonds is 3. The van der Waals surface area contributed by atoms with Gasteiger partial charge in [-0.2, -0.15) is 5.10 Å². The van der Waals surface area contributed by atoms with E-state index in [1.165, 1.54) is 5.56 Å². The van der Waals surface area contributed by atoms with E-state index in [1.54, 1.807) is 0 Å². The quantitative estimate of drug-likeness (QED) is 0.825. The molecule has 2 fully saturated rings. The van der Waals surface area contributed by atoms with Gasteiger partial charge < -0.3 is 9.64 Å². The molecule has 128 valence electrons. The molecule has 0 aromatic carbocycles. The van der Waals surface area contributed by atoms with Crippen molar-refractivity contribution in [3.05, 3.63) is 17.0 Å². The number of aromatic nitrogens is 2. The average molecular weight is 320 g/mol. The van der Waals surface area contributed by atoms with Gasteiger partial charge in [0.2, 0.25) is 5.91 Å². The van der Waals surface area contributed by atoms with Crippen LogP contribution >= 0.6 is 0 Å². The highest BCUT2D eigenvalue weighted by Gasteiger charge is 2.41. The highest BCUT2D eigenvalue weighted by Crippen LogP contribution is 2.25. The molecule has 0 spiro atoms. The lowest BCUT2D eigenvalue weighted by molar-refractivity contribution is -0.134. The van der Waals surface area contributed by atoms with Gasteiger partial charge in [-0.05, 0) is 32.9 Å². The minimum Gasteiger partial charge on any atom is -0.373 e. The standard InChI is InChI=1S/C17H28N4O2/c1-11(8-14-12(2)18-20(5)13(14)3)17(22)21-9-15-16(10-21)23-7-6-19(15)4/h11,15-16H,6-10H2,1-5H3/t11-,15-,16-/m0/s1. The van der Waals surface area contributed by atoms with E-state index in [0.717, 1.165) is 44.0 Å². The summed E-state index contributed by atoms with van der Waals surface area (Å²) < 4.78 is 7.74. The number of likely N-dealkylation sites (tertiary alicyclic amines) is 1. The van der Waals surface area contributed by atoms with E-state index in [-0.39, 0.29) is 17.9 Å². The van der Waals surface area contributed by atoms with Crippen LogP contribution in [-0.4, -0.2) is 70.9 Å². The van der Waals surface area contributed by atoms with E-state index in [1.807, 2.05) is 30.5 Å². The number of hydrogen-bond acceptors (Lipinski definition) is 4. The normalized spacial score (nSPS) is 26.4. The number of ether oxygens (including phenoxy) is 1. The van der Waals surface area contributed by atoms with Gasteiger partial charge >= 0.3 is 0 Å². The molecule has 2 aliphatic heterocycles. The van der Waals surface area contributed by atoms with Gasteiger partial charge in [0, 0.05) is 38.3 Å². The van der Waals surface area contributed by atoms with Crippen LogP contribution in [0, 0.1) is 19.8 Å². The molecule has 0 bridgehead atoms. The summed E-state index contributed by atoms with van der Waals surface area (Å²) in [5, 5.41) is 4.45. The maximum absolute atomic E-state index is 12.9. The van der Waals surface area contributed by atoms with Crippen LogP contribution in [0.4, 0.5) is 0 Å². The predicted molar refractivity (Wildman–Crippen MR) is 88.3 cm³/mol. The molecular formula is C17H28N4O2. The van der Waals surface area contributed by atoms with Crippen LogP contribution in [0.3, 0.4) is 0 Å². The molecule has 3 rings (SSSR count). The molecule has 1 aromatic rings. The van der Waals surface area contributed by atoms with E-state index in [0.29, 0.717) is 6.04 Å². The molecular weight excluding hydrogens is 292 g/mol. The van der Waals surface area contributed by atoms with Gasteiger partial charge in [-0.1, -0.05) is 6.92 Å². The molecule has 0 radical (unpaired) electrons. The highest BCUT2D eigenvalue weighted by atomic mass is 16.5. The third-order valence-corrected chi connectivity index (χ3v) is 5.48. The second-order valence-electron chi connectivity index (χ2n) is 7.08. The molecule has 0 aliphatic carbocycles. The Morgan fingerprint density at radius 3 is 2.70 bits per heavy atom. The fourth-order valence-electron chi connectivity index (χ4n) is 3.86. The smallest absolute Gasteiger partial charge is 0.225 e. The van der Waals surface area contributed by atoms with Crippen molar-refractivity contribution in [3.63, 3.8) is 0 Å². The third kappa shape index (κ3) is 3.02. The Hall–Kier alpha value is -1.40. The number of fused-ring (bicyclic) bond motifs is 1. The number of morpholine rings is 1. The molecule has 2 saturated heterocycles.